The molecule has 5 heteroatoms. The molecular formula is C11H13I2NO2. The standard InChI is InChI=1S/C11H13I2NO2/c12-5-7-14(8-6-13)10-1-3-11(4-2-10)16-9-15/h1-4,9H,5-8H2. The molecule has 1 aromatic carbocycles. The first-order valence-electron chi connectivity index (χ1n) is 4.89. The Hall–Kier alpha value is -0.0500. The van der Waals surface area contributed by atoms with Crippen LogP contribution in [0.4, 0.5) is 5.69 Å². The largest absolute Gasteiger partial charge is 0.429 e. The SMILES string of the molecule is O=COc1ccc(N(CCI)CCI)cc1. The topological polar surface area (TPSA) is 29.5 Å². The first kappa shape index (κ1) is 14.0. The number of benzene rings is 1. The molecule has 0 aliphatic heterocycles. The number of hydrogen-bond donors (Lipinski definition) is 0. The molecule has 0 spiro atoms. The Balaban J connectivity index is 2.72. The van der Waals surface area contributed by atoms with E-state index in [2.05, 4.69) is 50.1 Å². The van der Waals surface area contributed by atoms with Gasteiger partial charge in [0.05, 0.1) is 0 Å². The molecule has 16 heavy (non-hydrogen) atoms. The number of carbonyl (C=O) groups is 1. The van der Waals surface area contributed by atoms with E-state index in [0.29, 0.717) is 12.2 Å². The molecule has 0 N–H and O–H groups in total. The zero-order valence-corrected chi connectivity index (χ0v) is 13.0. The van der Waals surface area contributed by atoms with Gasteiger partial charge in [0.25, 0.3) is 6.47 Å². The molecule has 0 aromatic heterocycles. The smallest absolute Gasteiger partial charge is 0.298 e. The van der Waals surface area contributed by atoms with Gasteiger partial charge >= 0.3 is 0 Å². The highest BCUT2D eigenvalue weighted by Crippen LogP contribution is 2.19. The molecule has 0 saturated carbocycles. The molecule has 0 aliphatic carbocycles. The van der Waals surface area contributed by atoms with Crippen LogP contribution >= 0.6 is 45.2 Å². The maximum atomic E-state index is 10.2. The van der Waals surface area contributed by atoms with E-state index in [-0.39, 0.29) is 0 Å². The minimum absolute atomic E-state index is 0.447. The van der Waals surface area contributed by atoms with E-state index in [1.54, 1.807) is 0 Å². The highest BCUT2D eigenvalue weighted by Gasteiger charge is 2.04. The summed E-state index contributed by atoms with van der Waals surface area (Å²) in [6, 6.07) is 7.60. The van der Waals surface area contributed by atoms with Crippen molar-refractivity contribution in [2.75, 3.05) is 26.8 Å². The Morgan fingerprint density at radius 1 is 1.12 bits per heavy atom. The lowest BCUT2D eigenvalue weighted by atomic mass is 10.2. The summed E-state index contributed by atoms with van der Waals surface area (Å²) in [6.07, 6.45) is 0. The third-order valence-electron chi connectivity index (χ3n) is 2.09. The molecule has 0 unspecified atom stereocenters. The van der Waals surface area contributed by atoms with Crippen LogP contribution < -0.4 is 9.64 Å². The van der Waals surface area contributed by atoms with Crippen LogP contribution in [0.5, 0.6) is 5.75 Å². The van der Waals surface area contributed by atoms with Crippen molar-refractivity contribution in [3.8, 4) is 5.75 Å². The molecule has 0 fully saturated rings. The Kier molecular flexibility index (Phi) is 7.10. The molecule has 0 saturated heterocycles. The van der Waals surface area contributed by atoms with Crippen molar-refractivity contribution < 1.29 is 9.53 Å². The molecule has 0 amide bonds. The maximum Gasteiger partial charge on any atom is 0.298 e. The van der Waals surface area contributed by atoms with Crippen molar-refractivity contribution in [3.05, 3.63) is 24.3 Å². The number of alkyl halides is 2. The Morgan fingerprint density at radius 3 is 2.12 bits per heavy atom. The number of ether oxygens (including phenoxy) is 1. The summed E-state index contributed by atoms with van der Waals surface area (Å²) in [5, 5.41) is 0. The molecule has 1 aromatic rings. The van der Waals surface area contributed by atoms with Crippen LogP contribution in [-0.2, 0) is 4.79 Å². The van der Waals surface area contributed by atoms with E-state index < -0.39 is 0 Å². The number of rotatable bonds is 7. The average molecular weight is 445 g/mol. The molecule has 0 atom stereocenters. The van der Waals surface area contributed by atoms with Gasteiger partial charge in [0, 0.05) is 27.6 Å². The monoisotopic (exact) mass is 445 g/mol. The summed E-state index contributed by atoms with van der Waals surface area (Å²) in [5.74, 6) is 0.586. The maximum absolute atomic E-state index is 10.2. The van der Waals surface area contributed by atoms with Crippen LogP contribution in [0, 0.1) is 0 Å². The van der Waals surface area contributed by atoms with Gasteiger partial charge in [-0.2, -0.15) is 0 Å². The summed E-state index contributed by atoms with van der Waals surface area (Å²) in [6.45, 7) is 2.53. The lowest BCUT2D eigenvalue weighted by molar-refractivity contribution is -0.120. The third-order valence-corrected chi connectivity index (χ3v) is 3.06. The van der Waals surface area contributed by atoms with Crippen molar-refractivity contribution in [1.82, 2.24) is 0 Å². The summed E-state index contributed by atoms with van der Waals surface area (Å²) in [4.78, 5) is 12.5. The lowest BCUT2D eigenvalue weighted by Crippen LogP contribution is -2.27. The number of nitrogens with zero attached hydrogens (tertiary/aromatic N) is 1. The Labute approximate surface area is 123 Å². The Bertz CT molecular complexity index is 310. The second-order valence-electron chi connectivity index (χ2n) is 3.07. The molecular weight excluding hydrogens is 432 g/mol. The predicted molar refractivity (Wildman–Crippen MR) is 83.1 cm³/mol. The zero-order valence-electron chi connectivity index (χ0n) is 8.73. The van der Waals surface area contributed by atoms with Gasteiger partial charge in [-0.1, -0.05) is 45.2 Å². The fraction of sp³-hybridized carbons (Fsp3) is 0.364. The van der Waals surface area contributed by atoms with E-state index in [1.165, 1.54) is 5.69 Å². The van der Waals surface area contributed by atoms with Crippen LogP contribution in [0.3, 0.4) is 0 Å². The highest BCUT2D eigenvalue weighted by atomic mass is 127. The van der Waals surface area contributed by atoms with Gasteiger partial charge in [-0.05, 0) is 24.3 Å². The molecule has 0 aliphatic rings. The number of hydrogen-bond acceptors (Lipinski definition) is 3. The molecule has 1 rings (SSSR count). The van der Waals surface area contributed by atoms with E-state index >= 15 is 0 Å². The van der Waals surface area contributed by atoms with Gasteiger partial charge in [-0.25, -0.2) is 0 Å². The van der Waals surface area contributed by atoms with Gasteiger partial charge in [-0.15, -0.1) is 0 Å². The fourth-order valence-electron chi connectivity index (χ4n) is 1.37. The highest BCUT2D eigenvalue weighted by molar-refractivity contribution is 14.1. The van der Waals surface area contributed by atoms with Gasteiger partial charge in [0.15, 0.2) is 0 Å². The first-order chi connectivity index (χ1) is 7.81. The first-order valence-corrected chi connectivity index (χ1v) is 7.94. The molecule has 0 radical (unpaired) electrons. The molecule has 0 heterocycles. The molecule has 3 nitrogen and oxygen atoms in total. The predicted octanol–water partition coefficient (Wildman–Crippen LogP) is 2.90. The van der Waals surface area contributed by atoms with Crippen LogP contribution in [0.25, 0.3) is 0 Å². The fourth-order valence-corrected chi connectivity index (χ4v) is 2.53. The van der Waals surface area contributed by atoms with E-state index in [0.717, 1.165) is 21.9 Å². The van der Waals surface area contributed by atoms with Crippen LogP contribution in [0.1, 0.15) is 0 Å². The zero-order chi connectivity index (χ0) is 11.8. The van der Waals surface area contributed by atoms with Crippen molar-refractivity contribution in [2.45, 2.75) is 0 Å². The van der Waals surface area contributed by atoms with Crippen molar-refractivity contribution >= 4 is 57.3 Å². The molecule has 88 valence electrons. The minimum Gasteiger partial charge on any atom is -0.429 e. The van der Waals surface area contributed by atoms with Crippen LogP contribution in [0.2, 0.25) is 0 Å². The summed E-state index contributed by atoms with van der Waals surface area (Å²) in [7, 11) is 0. The number of carbonyl (C=O) groups excluding carboxylic acids is 1. The van der Waals surface area contributed by atoms with E-state index in [4.69, 9.17) is 4.74 Å². The van der Waals surface area contributed by atoms with Crippen molar-refractivity contribution in [1.29, 1.82) is 0 Å². The second-order valence-corrected chi connectivity index (χ2v) is 5.23. The molecule has 0 bridgehead atoms. The number of halogens is 2. The van der Waals surface area contributed by atoms with Crippen LogP contribution in [0.15, 0.2) is 24.3 Å². The minimum atomic E-state index is 0.447. The van der Waals surface area contributed by atoms with Crippen LogP contribution in [-0.4, -0.2) is 28.4 Å². The summed E-state index contributed by atoms with van der Waals surface area (Å²) >= 11 is 4.75. The normalized spacial score (nSPS) is 9.88. The quantitative estimate of drug-likeness (QED) is 0.368. The van der Waals surface area contributed by atoms with Crippen molar-refractivity contribution in [2.24, 2.45) is 0 Å². The van der Waals surface area contributed by atoms with E-state index in [9.17, 15) is 4.79 Å². The number of anilines is 1. The van der Waals surface area contributed by atoms with Gasteiger partial charge in [0.1, 0.15) is 5.75 Å². The Morgan fingerprint density at radius 2 is 1.69 bits per heavy atom. The van der Waals surface area contributed by atoms with Gasteiger partial charge in [-0.3, -0.25) is 4.79 Å². The lowest BCUT2D eigenvalue weighted by Gasteiger charge is -2.23. The van der Waals surface area contributed by atoms with E-state index in [1.807, 2.05) is 24.3 Å². The van der Waals surface area contributed by atoms with Gasteiger partial charge < -0.3 is 9.64 Å². The van der Waals surface area contributed by atoms with Crippen molar-refractivity contribution in [3.63, 3.8) is 0 Å². The van der Waals surface area contributed by atoms with Gasteiger partial charge in [0.2, 0.25) is 0 Å². The second kappa shape index (κ2) is 8.10. The average Bonchev–Trinajstić information content (AvgIpc) is 2.30. The third kappa shape index (κ3) is 4.44. The summed E-state index contributed by atoms with van der Waals surface area (Å²) < 4.78 is 6.95. The summed E-state index contributed by atoms with van der Waals surface area (Å²) in [5.41, 5.74) is 1.17.